The van der Waals surface area contributed by atoms with Gasteiger partial charge in [-0.25, -0.2) is 0 Å². The zero-order valence-electron chi connectivity index (χ0n) is 7.73. The fourth-order valence-corrected chi connectivity index (χ4v) is 0.763. The van der Waals surface area contributed by atoms with Crippen molar-refractivity contribution in [2.45, 2.75) is 6.10 Å². The maximum absolute atomic E-state index is 8.63. The lowest BCUT2D eigenvalue weighted by atomic mass is 10.3. The zero-order valence-corrected chi connectivity index (χ0v) is 8.48. The molecule has 0 radical (unpaired) electrons. The van der Waals surface area contributed by atoms with Crippen LogP contribution in [0.1, 0.15) is 0 Å². The Labute approximate surface area is 88.3 Å². The summed E-state index contributed by atoms with van der Waals surface area (Å²) >= 11 is 5.27. The smallest absolute Gasteiger partial charge is 0.115 e. The number of epoxide rings is 1. The van der Waals surface area contributed by atoms with E-state index in [-0.39, 0.29) is 0 Å². The quantitative estimate of drug-likeness (QED) is 0.576. The van der Waals surface area contributed by atoms with E-state index in [4.69, 9.17) is 26.2 Å². The highest BCUT2D eigenvalue weighted by Crippen LogP contribution is 2.08. The van der Waals surface area contributed by atoms with Gasteiger partial charge >= 0.3 is 0 Å². The summed E-state index contributed by atoms with van der Waals surface area (Å²) in [7, 11) is 0. The monoisotopic (exact) mass is 216 g/mol. The second kappa shape index (κ2) is 8.53. The van der Waals surface area contributed by atoms with Crippen molar-refractivity contribution in [3.8, 4) is 5.75 Å². The molecular weight excluding hydrogens is 204 g/mol. The Hall–Kier alpha value is -1.06. The Bertz CT molecular complexity index is 224. The SMILES string of the molecule is C=O.ClC[C@@H]1CO1.Oc1ccccc1. The molecule has 1 atom stereocenters. The lowest BCUT2D eigenvalue weighted by molar-refractivity contribution is -0.0979. The molecule has 4 heteroatoms. The number of carbonyl (C=O) groups is 1. The van der Waals surface area contributed by atoms with Crippen LogP contribution in [0.5, 0.6) is 5.75 Å². The van der Waals surface area contributed by atoms with Gasteiger partial charge in [-0.05, 0) is 12.1 Å². The van der Waals surface area contributed by atoms with Gasteiger partial charge in [0.1, 0.15) is 12.5 Å². The molecule has 3 nitrogen and oxygen atoms in total. The van der Waals surface area contributed by atoms with Crippen molar-refractivity contribution >= 4 is 18.4 Å². The molecule has 1 N–H and O–H groups in total. The Morgan fingerprint density at radius 2 is 1.93 bits per heavy atom. The van der Waals surface area contributed by atoms with E-state index >= 15 is 0 Å². The first-order valence-electron chi connectivity index (χ1n) is 4.03. The molecule has 0 spiro atoms. The third-order valence-electron chi connectivity index (χ3n) is 1.33. The van der Waals surface area contributed by atoms with Gasteiger partial charge in [0.2, 0.25) is 0 Å². The van der Waals surface area contributed by atoms with Crippen LogP contribution in [0.2, 0.25) is 0 Å². The van der Waals surface area contributed by atoms with Gasteiger partial charge in [0, 0.05) is 0 Å². The highest BCUT2D eigenvalue weighted by molar-refractivity contribution is 6.18. The molecule has 1 aliphatic rings. The van der Waals surface area contributed by atoms with Crippen molar-refractivity contribution in [2.75, 3.05) is 12.5 Å². The largest absolute Gasteiger partial charge is 0.508 e. The molecule has 1 aromatic rings. The van der Waals surface area contributed by atoms with E-state index in [2.05, 4.69) is 0 Å². The molecule has 0 unspecified atom stereocenters. The first kappa shape index (κ1) is 12.9. The molecule has 1 saturated heterocycles. The number of benzene rings is 1. The highest BCUT2D eigenvalue weighted by Gasteiger charge is 2.19. The molecule has 1 heterocycles. The minimum absolute atomic E-state index is 0.322. The van der Waals surface area contributed by atoms with E-state index in [1.54, 1.807) is 24.3 Å². The zero-order chi connectivity index (χ0) is 10.8. The summed E-state index contributed by atoms with van der Waals surface area (Å²) in [6.45, 7) is 2.88. The molecule has 78 valence electrons. The Morgan fingerprint density at radius 3 is 2.07 bits per heavy atom. The second-order valence-electron chi connectivity index (χ2n) is 2.45. The first-order valence-corrected chi connectivity index (χ1v) is 4.57. The topological polar surface area (TPSA) is 49.8 Å². The maximum Gasteiger partial charge on any atom is 0.115 e. The number of aromatic hydroxyl groups is 1. The fraction of sp³-hybridized carbons (Fsp3) is 0.300. The predicted molar refractivity (Wildman–Crippen MR) is 55.7 cm³/mol. The average Bonchev–Trinajstić information content (AvgIpc) is 3.06. The van der Waals surface area contributed by atoms with Crippen LogP contribution in [0.4, 0.5) is 0 Å². The van der Waals surface area contributed by atoms with Crippen molar-refractivity contribution in [3.05, 3.63) is 30.3 Å². The van der Waals surface area contributed by atoms with E-state index < -0.39 is 0 Å². The van der Waals surface area contributed by atoms with Gasteiger partial charge in [0.05, 0.1) is 18.6 Å². The van der Waals surface area contributed by atoms with Crippen molar-refractivity contribution < 1.29 is 14.6 Å². The average molecular weight is 217 g/mol. The number of phenolic OH excluding ortho intramolecular Hbond substituents is 1. The summed E-state index contributed by atoms with van der Waals surface area (Å²) < 4.78 is 4.73. The van der Waals surface area contributed by atoms with Gasteiger partial charge in [0.15, 0.2) is 0 Å². The third kappa shape index (κ3) is 7.58. The van der Waals surface area contributed by atoms with Crippen molar-refractivity contribution in [1.82, 2.24) is 0 Å². The molecule has 0 saturated carbocycles. The number of rotatable bonds is 1. The first-order chi connectivity index (χ1) is 6.83. The molecule has 1 aliphatic heterocycles. The molecule has 1 aromatic carbocycles. The van der Waals surface area contributed by atoms with Gasteiger partial charge in [-0.3, -0.25) is 0 Å². The molecular formula is C10H13ClO3. The minimum Gasteiger partial charge on any atom is -0.508 e. The van der Waals surface area contributed by atoms with Crippen LogP contribution in [0.25, 0.3) is 0 Å². The van der Waals surface area contributed by atoms with Gasteiger partial charge < -0.3 is 14.6 Å². The normalized spacial score (nSPS) is 16.8. The maximum atomic E-state index is 8.63. The van der Waals surface area contributed by atoms with Crippen LogP contribution in [0.15, 0.2) is 30.3 Å². The van der Waals surface area contributed by atoms with Crippen molar-refractivity contribution in [3.63, 3.8) is 0 Å². The molecule has 0 bridgehead atoms. The molecule has 2 rings (SSSR count). The standard InChI is InChI=1S/C6H6O.C3H5ClO.CH2O/c7-6-4-2-1-3-5-6;4-1-3-2-5-3;1-2/h1-5,7H;3H,1-2H2;1H2/t;3-;/m.1./s1. The van der Waals surface area contributed by atoms with Crippen LogP contribution in [-0.2, 0) is 9.53 Å². The predicted octanol–water partition coefficient (Wildman–Crippen LogP) is 1.83. The number of phenols is 1. The van der Waals surface area contributed by atoms with Crippen molar-refractivity contribution in [1.29, 1.82) is 0 Å². The summed E-state index contributed by atoms with van der Waals surface area (Å²) in [4.78, 5) is 8.00. The summed E-state index contributed by atoms with van der Waals surface area (Å²) in [5.41, 5.74) is 0. The number of ether oxygens (including phenoxy) is 1. The van der Waals surface area contributed by atoms with Crippen LogP contribution in [0.3, 0.4) is 0 Å². The number of para-hydroxylation sites is 1. The third-order valence-corrected chi connectivity index (χ3v) is 1.67. The number of halogens is 1. The van der Waals surface area contributed by atoms with E-state index in [1.807, 2.05) is 12.9 Å². The number of hydrogen-bond acceptors (Lipinski definition) is 3. The highest BCUT2D eigenvalue weighted by atomic mass is 35.5. The number of hydrogen-bond donors (Lipinski definition) is 1. The summed E-state index contributed by atoms with van der Waals surface area (Å²) in [6, 6.07) is 8.71. The Balaban J connectivity index is 0.000000213. The summed E-state index contributed by atoms with van der Waals surface area (Å²) in [5, 5.41) is 8.63. The lowest BCUT2D eigenvalue weighted by Crippen LogP contribution is -1.80. The Morgan fingerprint density at radius 1 is 1.43 bits per heavy atom. The Kier molecular flexibility index (Phi) is 7.89. The van der Waals surface area contributed by atoms with Crippen LogP contribution in [0, 0.1) is 0 Å². The van der Waals surface area contributed by atoms with Crippen LogP contribution < -0.4 is 0 Å². The summed E-state index contributed by atoms with van der Waals surface area (Å²) in [6.07, 6.45) is 0.400. The van der Waals surface area contributed by atoms with Gasteiger partial charge in [0.25, 0.3) is 0 Å². The van der Waals surface area contributed by atoms with Gasteiger partial charge in [-0.1, -0.05) is 18.2 Å². The molecule has 1 fully saturated rings. The van der Waals surface area contributed by atoms with E-state index in [1.165, 1.54) is 0 Å². The van der Waals surface area contributed by atoms with Crippen molar-refractivity contribution in [2.24, 2.45) is 0 Å². The van der Waals surface area contributed by atoms with Crippen LogP contribution >= 0.6 is 11.6 Å². The molecule has 0 aliphatic carbocycles. The molecule has 0 aromatic heterocycles. The minimum atomic E-state index is 0.322. The molecule has 14 heavy (non-hydrogen) atoms. The van der Waals surface area contributed by atoms with Crippen LogP contribution in [-0.4, -0.2) is 30.5 Å². The molecule has 0 amide bonds. The van der Waals surface area contributed by atoms with E-state index in [0.717, 1.165) is 6.61 Å². The summed E-state index contributed by atoms with van der Waals surface area (Å²) in [5.74, 6) is 0.988. The van der Waals surface area contributed by atoms with E-state index in [0.29, 0.717) is 17.7 Å². The van der Waals surface area contributed by atoms with Gasteiger partial charge in [-0.15, -0.1) is 11.6 Å². The number of alkyl halides is 1. The second-order valence-corrected chi connectivity index (χ2v) is 2.75. The van der Waals surface area contributed by atoms with E-state index in [9.17, 15) is 0 Å². The number of carbonyl (C=O) groups excluding carboxylic acids is 1. The van der Waals surface area contributed by atoms with Gasteiger partial charge in [-0.2, -0.15) is 0 Å². The lowest BCUT2D eigenvalue weighted by Gasteiger charge is -1.82. The fourth-order valence-electron chi connectivity index (χ4n) is 0.585.